The zero-order valence-corrected chi connectivity index (χ0v) is 20.1. The van der Waals surface area contributed by atoms with E-state index in [9.17, 15) is 4.79 Å². The Morgan fingerprint density at radius 2 is 1.94 bits per heavy atom. The molecule has 0 bridgehead atoms. The molecule has 1 aliphatic rings. The standard InChI is InChI=1S/C25H29N5O3S/c1-32-17-16-29-14-7-10-20(29)24-23(19-9-5-6-13-26-19)28-25(34)30(24)15-12-22(31)27-18-8-3-4-11-21(18)33-2/h3-11,13-14,23-24H,12,15-17H2,1-2H3,(H,27,31)(H,28,34)/t23-,24+/m1/s1. The zero-order valence-electron chi connectivity index (χ0n) is 19.3. The van der Waals surface area contributed by atoms with E-state index in [0.29, 0.717) is 29.7 Å². The molecule has 3 heterocycles. The van der Waals surface area contributed by atoms with Crippen molar-refractivity contribution in [1.82, 2.24) is 19.8 Å². The second-order valence-corrected chi connectivity index (χ2v) is 8.32. The molecule has 9 heteroatoms. The predicted octanol–water partition coefficient (Wildman–Crippen LogP) is 3.54. The maximum Gasteiger partial charge on any atom is 0.226 e. The molecule has 4 rings (SSSR count). The minimum Gasteiger partial charge on any atom is -0.495 e. The monoisotopic (exact) mass is 479 g/mol. The van der Waals surface area contributed by atoms with Crippen LogP contribution in [0.15, 0.2) is 67.0 Å². The highest BCUT2D eigenvalue weighted by Crippen LogP contribution is 2.38. The van der Waals surface area contributed by atoms with E-state index in [2.05, 4.69) is 31.2 Å². The molecule has 34 heavy (non-hydrogen) atoms. The second kappa shape index (κ2) is 11.1. The number of nitrogens with one attached hydrogen (secondary N) is 2. The minimum atomic E-state index is -0.137. The average Bonchev–Trinajstić information content (AvgIpc) is 3.45. The fourth-order valence-electron chi connectivity index (χ4n) is 4.24. The van der Waals surface area contributed by atoms with Gasteiger partial charge in [0.05, 0.1) is 37.2 Å². The van der Waals surface area contributed by atoms with E-state index in [1.165, 1.54) is 0 Å². The number of hydrogen-bond donors (Lipinski definition) is 2. The van der Waals surface area contributed by atoms with E-state index >= 15 is 0 Å². The van der Waals surface area contributed by atoms with Crippen LogP contribution in [-0.2, 0) is 16.1 Å². The van der Waals surface area contributed by atoms with Crippen LogP contribution in [0.3, 0.4) is 0 Å². The van der Waals surface area contributed by atoms with E-state index in [4.69, 9.17) is 21.7 Å². The third-order valence-corrected chi connectivity index (χ3v) is 6.21. The van der Waals surface area contributed by atoms with Crippen molar-refractivity contribution in [2.45, 2.75) is 25.0 Å². The molecule has 3 aromatic rings. The van der Waals surface area contributed by atoms with Gasteiger partial charge in [-0.25, -0.2) is 0 Å². The first-order valence-corrected chi connectivity index (χ1v) is 11.6. The molecule has 0 spiro atoms. The number of carbonyl (C=O) groups is 1. The fraction of sp³-hybridized carbons (Fsp3) is 0.320. The SMILES string of the molecule is COCCn1cccc1[C@H]1[C@@H](c2ccccn2)NC(=S)N1CCC(=O)Nc1ccccc1OC. The van der Waals surface area contributed by atoms with Crippen LogP contribution in [0.25, 0.3) is 0 Å². The summed E-state index contributed by atoms with van der Waals surface area (Å²) in [6, 6.07) is 17.1. The summed E-state index contributed by atoms with van der Waals surface area (Å²) in [6.45, 7) is 1.78. The number of ether oxygens (including phenoxy) is 2. The highest BCUT2D eigenvalue weighted by Gasteiger charge is 2.41. The van der Waals surface area contributed by atoms with Gasteiger partial charge in [-0.2, -0.15) is 0 Å². The minimum absolute atomic E-state index is 0.109. The lowest BCUT2D eigenvalue weighted by atomic mass is 10.0. The van der Waals surface area contributed by atoms with Crippen LogP contribution in [0.1, 0.15) is 29.9 Å². The van der Waals surface area contributed by atoms with Crippen molar-refractivity contribution < 1.29 is 14.3 Å². The number of pyridine rings is 1. The lowest BCUT2D eigenvalue weighted by molar-refractivity contribution is -0.116. The molecular weight excluding hydrogens is 450 g/mol. The van der Waals surface area contributed by atoms with Crippen LogP contribution in [0.5, 0.6) is 5.75 Å². The molecule has 8 nitrogen and oxygen atoms in total. The zero-order chi connectivity index (χ0) is 23.9. The van der Waals surface area contributed by atoms with Crippen molar-refractivity contribution in [3.05, 3.63) is 78.4 Å². The maximum absolute atomic E-state index is 12.8. The molecule has 2 aromatic heterocycles. The Bertz CT molecular complexity index is 1120. The molecule has 2 atom stereocenters. The van der Waals surface area contributed by atoms with Gasteiger partial charge in [0.1, 0.15) is 5.75 Å². The van der Waals surface area contributed by atoms with Gasteiger partial charge in [-0.1, -0.05) is 18.2 Å². The number of nitrogens with zero attached hydrogens (tertiary/aromatic N) is 3. The summed E-state index contributed by atoms with van der Waals surface area (Å²) in [5, 5.41) is 6.98. The molecule has 178 valence electrons. The van der Waals surface area contributed by atoms with Gasteiger partial charge in [-0.05, 0) is 48.6 Å². The van der Waals surface area contributed by atoms with Crippen molar-refractivity contribution in [2.24, 2.45) is 0 Å². The molecule has 2 N–H and O–H groups in total. The van der Waals surface area contributed by atoms with Gasteiger partial charge < -0.3 is 29.6 Å². The number of amides is 1. The highest BCUT2D eigenvalue weighted by atomic mass is 32.1. The second-order valence-electron chi connectivity index (χ2n) is 7.94. The number of thiocarbonyl (C=S) groups is 1. The summed E-state index contributed by atoms with van der Waals surface area (Å²) >= 11 is 5.72. The number of carbonyl (C=O) groups excluding carboxylic acids is 1. The number of hydrogen-bond acceptors (Lipinski definition) is 5. The Balaban J connectivity index is 1.55. The quantitative estimate of drug-likeness (QED) is 0.431. The molecule has 0 radical (unpaired) electrons. The van der Waals surface area contributed by atoms with Crippen LogP contribution in [0, 0.1) is 0 Å². The molecule has 1 amide bonds. The smallest absolute Gasteiger partial charge is 0.226 e. The predicted molar refractivity (Wildman–Crippen MR) is 135 cm³/mol. The van der Waals surface area contributed by atoms with Gasteiger partial charge in [0.2, 0.25) is 5.91 Å². The van der Waals surface area contributed by atoms with Gasteiger partial charge in [0.15, 0.2) is 5.11 Å². The first-order chi connectivity index (χ1) is 16.6. The van der Waals surface area contributed by atoms with Gasteiger partial charge in [0, 0.05) is 44.7 Å². The van der Waals surface area contributed by atoms with E-state index in [0.717, 1.165) is 17.9 Å². The van der Waals surface area contributed by atoms with Crippen molar-refractivity contribution in [1.29, 1.82) is 0 Å². The highest BCUT2D eigenvalue weighted by molar-refractivity contribution is 7.80. The Labute approximate surface area is 204 Å². The number of rotatable bonds is 10. The topological polar surface area (TPSA) is 80.7 Å². The van der Waals surface area contributed by atoms with Crippen molar-refractivity contribution in [3.8, 4) is 5.75 Å². The number of aromatic nitrogens is 2. The van der Waals surface area contributed by atoms with E-state index in [1.54, 1.807) is 20.4 Å². The molecule has 1 aromatic carbocycles. The molecule has 1 saturated heterocycles. The van der Waals surface area contributed by atoms with E-state index < -0.39 is 0 Å². The van der Waals surface area contributed by atoms with Crippen molar-refractivity contribution in [2.75, 3.05) is 32.7 Å². The Morgan fingerprint density at radius 3 is 2.71 bits per heavy atom. The summed E-state index contributed by atoms with van der Waals surface area (Å²) in [7, 11) is 3.28. The lowest BCUT2D eigenvalue weighted by Gasteiger charge is -2.28. The van der Waals surface area contributed by atoms with Crippen LogP contribution in [0.4, 0.5) is 5.69 Å². The van der Waals surface area contributed by atoms with Crippen LogP contribution in [0.2, 0.25) is 0 Å². The van der Waals surface area contributed by atoms with Crippen molar-refractivity contribution in [3.63, 3.8) is 0 Å². The summed E-state index contributed by atoms with van der Waals surface area (Å²) in [5.74, 6) is 0.514. The number of para-hydroxylation sites is 2. The molecule has 0 unspecified atom stereocenters. The molecule has 1 aliphatic heterocycles. The van der Waals surface area contributed by atoms with Gasteiger partial charge in [-0.3, -0.25) is 9.78 Å². The van der Waals surface area contributed by atoms with Gasteiger partial charge >= 0.3 is 0 Å². The molecule has 0 aliphatic carbocycles. The summed E-state index contributed by atoms with van der Waals surface area (Å²) in [5.41, 5.74) is 2.63. The van der Waals surface area contributed by atoms with Gasteiger partial charge in [-0.15, -0.1) is 0 Å². The average molecular weight is 480 g/mol. The Kier molecular flexibility index (Phi) is 7.76. The normalized spacial score (nSPS) is 17.5. The molecule has 0 saturated carbocycles. The number of benzene rings is 1. The maximum atomic E-state index is 12.8. The largest absolute Gasteiger partial charge is 0.495 e. The number of methoxy groups -OCH3 is 2. The Hall–Kier alpha value is -3.43. The van der Waals surface area contributed by atoms with E-state index in [-0.39, 0.29) is 24.4 Å². The van der Waals surface area contributed by atoms with Crippen molar-refractivity contribution >= 4 is 28.9 Å². The van der Waals surface area contributed by atoms with Gasteiger partial charge in [0.25, 0.3) is 0 Å². The third-order valence-electron chi connectivity index (χ3n) is 5.86. The van der Waals surface area contributed by atoms with Crippen LogP contribution in [-0.4, -0.2) is 52.8 Å². The van der Waals surface area contributed by atoms with Crippen LogP contribution >= 0.6 is 12.2 Å². The molecular formula is C25H29N5O3S. The van der Waals surface area contributed by atoms with Crippen LogP contribution < -0.4 is 15.4 Å². The lowest BCUT2D eigenvalue weighted by Crippen LogP contribution is -2.33. The Morgan fingerprint density at radius 1 is 1.12 bits per heavy atom. The first kappa shape index (κ1) is 23.7. The van der Waals surface area contributed by atoms with E-state index in [1.807, 2.05) is 54.7 Å². The first-order valence-electron chi connectivity index (χ1n) is 11.2. The molecule has 1 fully saturated rings. The fourth-order valence-corrected chi connectivity index (χ4v) is 4.57. The third kappa shape index (κ3) is 5.21. The summed E-state index contributed by atoms with van der Waals surface area (Å²) < 4.78 is 12.8. The summed E-state index contributed by atoms with van der Waals surface area (Å²) in [6.07, 6.45) is 4.09. The summed E-state index contributed by atoms with van der Waals surface area (Å²) in [4.78, 5) is 19.5. The number of anilines is 1.